The summed E-state index contributed by atoms with van der Waals surface area (Å²) in [7, 11) is 3.10. The lowest BCUT2D eigenvalue weighted by Gasteiger charge is -2.14. The van der Waals surface area contributed by atoms with Crippen LogP contribution in [-0.2, 0) is 13.0 Å². The van der Waals surface area contributed by atoms with E-state index >= 15 is 0 Å². The first-order chi connectivity index (χ1) is 17.0. The Kier molecular flexibility index (Phi) is 6.78. The number of fused-ring (bicyclic) bond motifs is 1. The summed E-state index contributed by atoms with van der Waals surface area (Å²) < 4.78 is 11.8. The minimum absolute atomic E-state index is 0.0104. The number of benzene rings is 3. The molecule has 35 heavy (non-hydrogen) atoms. The van der Waals surface area contributed by atoms with Crippen molar-refractivity contribution < 1.29 is 14.6 Å². The molecule has 176 valence electrons. The third kappa shape index (κ3) is 4.57. The second kappa shape index (κ2) is 10.1. The highest BCUT2D eigenvalue weighted by atomic mass is 16.5. The molecule has 0 bridgehead atoms. The van der Waals surface area contributed by atoms with Gasteiger partial charge in [-0.25, -0.2) is 0 Å². The lowest BCUT2D eigenvalue weighted by molar-refractivity contribution is 0.354. The van der Waals surface area contributed by atoms with Gasteiger partial charge < -0.3 is 14.6 Å². The Balaban J connectivity index is 1.73. The molecule has 0 aliphatic rings. The number of ether oxygens (including phenoxy) is 2. The molecule has 0 saturated heterocycles. The van der Waals surface area contributed by atoms with Crippen molar-refractivity contribution in [3.63, 3.8) is 0 Å². The highest BCUT2D eigenvalue weighted by Gasteiger charge is 2.19. The Hall–Kier alpha value is -4.64. The zero-order valence-electron chi connectivity index (χ0n) is 19.6. The van der Waals surface area contributed by atoms with Gasteiger partial charge in [-0.3, -0.25) is 9.36 Å². The highest BCUT2D eigenvalue weighted by molar-refractivity contribution is 5.92. The van der Waals surface area contributed by atoms with Gasteiger partial charge in [0, 0.05) is 17.5 Å². The van der Waals surface area contributed by atoms with Gasteiger partial charge in [0.05, 0.1) is 19.9 Å². The number of aromatic nitrogens is 1. The molecule has 0 aliphatic carbocycles. The van der Waals surface area contributed by atoms with E-state index in [-0.39, 0.29) is 29.2 Å². The second-order valence-electron chi connectivity index (χ2n) is 7.88. The maximum Gasteiger partial charge on any atom is 0.281 e. The summed E-state index contributed by atoms with van der Waals surface area (Å²) in [6.07, 6.45) is 0.404. The topological polar surface area (TPSA) is 109 Å². The van der Waals surface area contributed by atoms with Crippen LogP contribution < -0.4 is 15.0 Å². The number of azo groups is 1. The smallest absolute Gasteiger partial charge is 0.281 e. The van der Waals surface area contributed by atoms with Crippen LogP contribution in [0.4, 0.5) is 11.4 Å². The molecule has 0 atom stereocenters. The van der Waals surface area contributed by atoms with Crippen molar-refractivity contribution in [3.8, 4) is 23.4 Å². The van der Waals surface area contributed by atoms with Gasteiger partial charge in [-0.1, -0.05) is 42.5 Å². The molecule has 8 nitrogen and oxygen atoms in total. The van der Waals surface area contributed by atoms with E-state index < -0.39 is 5.56 Å². The van der Waals surface area contributed by atoms with Gasteiger partial charge in [-0.15, -0.1) is 10.2 Å². The van der Waals surface area contributed by atoms with Crippen LogP contribution in [0.2, 0.25) is 0 Å². The Morgan fingerprint density at radius 2 is 1.74 bits per heavy atom. The van der Waals surface area contributed by atoms with Crippen LogP contribution in [0.1, 0.15) is 16.7 Å². The summed E-state index contributed by atoms with van der Waals surface area (Å²) in [6, 6.07) is 20.8. The molecule has 0 amide bonds. The van der Waals surface area contributed by atoms with Gasteiger partial charge in [-0.05, 0) is 42.5 Å². The van der Waals surface area contributed by atoms with Crippen molar-refractivity contribution in [1.82, 2.24) is 4.57 Å². The second-order valence-corrected chi connectivity index (χ2v) is 7.88. The fraction of sp³-hybridized carbons (Fsp3) is 0.185. The van der Waals surface area contributed by atoms with Crippen molar-refractivity contribution in [2.45, 2.75) is 19.9 Å². The molecule has 8 heteroatoms. The molecule has 1 heterocycles. The molecule has 1 aromatic heterocycles. The fourth-order valence-electron chi connectivity index (χ4n) is 3.94. The van der Waals surface area contributed by atoms with Crippen LogP contribution >= 0.6 is 0 Å². The molecule has 4 rings (SSSR count). The number of hydrogen-bond donors (Lipinski definition) is 1. The first-order valence-electron chi connectivity index (χ1n) is 10.9. The highest BCUT2D eigenvalue weighted by Crippen LogP contribution is 2.31. The van der Waals surface area contributed by atoms with Crippen LogP contribution in [0.25, 0.3) is 10.8 Å². The molecule has 0 unspecified atom stereocenters. The summed E-state index contributed by atoms with van der Waals surface area (Å²) in [6.45, 7) is 1.71. The Labute approximate surface area is 202 Å². The summed E-state index contributed by atoms with van der Waals surface area (Å²) in [4.78, 5) is 13.3. The van der Waals surface area contributed by atoms with Crippen LogP contribution in [-0.4, -0.2) is 23.9 Å². The summed E-state index contributed by atoms with van der Waals surface area (Å²) >= 11 is 0. The zero-order valence-corrected chi connectivity index (χ0v) is 19.6. The van der Waals surface area contributed by atoms with Crippen molar-refractivity contribution in [2.24, 2.45) is 10.2 Å². The predicted octanol–water partition coefficient (Wildman–Crippen LogP) is 5.56. The Morgan fingerprint density at radius 1 is 1.00 bits per heavy atom. The lowest BCUT2D eigenvalue weighted by atomic mass is 10.1. The number of aryl methyl sites for hydroxylation is 1. The third-order valence-electron chi connectivity index (χ3n) is 5.87. The van der Waals surface area contributed by atoms with E-state index in [2.05, 4.69) is 10.2 Å². The average molecular weight is 469 g/mol. The van der Waals surface area contributed by atoms with Crippen LogP contribution in [0.3, 0.4) is 0 Å². The van der Waals surface area contributed by atoms with Gasteiger partial charge in [0.1, 0.15) is 11.6 Å². The maximum atomic E-state index is 13.3. The van der Waals surface area contributed by atoms with Crippen molar-refractivity contribution in [3.05, 3.63) is 87.7 Å². The Bertz CT molecular complexity index is 1530. The number of rotatable bonds is 7. The van der Waals surface area contributed by atoms with E-state index in [4.69, 9.17) is 9.47 Å². The monoisotopic (exact) mass is 468 g/mol. The maximum absolute atomic E-state index is 13.3. The van der Waals surface area contributed by atoms with Gasteiger partial charge in [-0.2, -0.15) is 5.26 Å². The quantitative estimate of drug-likeness (QED) is 0.357. The number of nitrogens with zero attached hydrogens (tertiary/aromatic N) is 4. The molecule has 0 aliphatic heterocycles. The van der Waals surface area contributed by atoms with Crippen molar-refractivity contribution in [1.29, 1.82) is 5.26 Å². The first kappa shape index (κ1) is 23.5. The summed E-state index contributed by atoms with van der Waals surface area (Å²) in [5.74, 6) is 0.766. The molecular formula is C27H24N4O4. The molecule has 3 aromatic carbocycles. The lowest BCUT2D eigenvalue weighted by Crippen LogP contribution is -2.23. The molecule has 0 spiro atoms. The van der Waals surface area contributed by atoms with E-state index in [1.54, 1.807) is 33.3 Å². The average Bonchev–Trinajstić information content (AvgIpc) is 2.88. The largest absolute Gasteiger partial charge is 0.493 e. The van der Waals surface area contributed by atoms with Crippen LogP contribution in [0.5, 0.6) is 17.4 Å². The number of nitriles is 1. The van der Waals surface area contributed by atoms with E-state index in [0.29, 0.717) is 23.6 Å². The molecular weight excluding hydrogens is 444 g/mol. The van der Waals surface area contributed by atoms with Crippen molar-refractivity contribution in [2.75, 3.05) is 14.2 Å². The molecule has 0 saturated carbocycles. The van der Waals surface area contributed by atoms with Gasteiger partial charge in [0.25, 0.3) is 5.56 Å². The standard InChI is InChI=1S/C27H24N4O4/c1-17-21(16-28)26(32)31(14-13-18-11-12-23(34-2)24(15-18)35-3)27(33)25(17)30-29-22-10-6-8-19-7-4-5-9-20(19)22/h4-12,15,32H,13-14H2,1-3H3. The van der Waals surface area contributed by atoms with Crippen LogP contribution in [0, 0.1) is 18.3 Å². The van der Waals surface area contributed by atoms with E-state index in [9.17, 15) is 15.2 Å². The summed E-state index contributed by atoms with van der Waals surface area (Å²) in [5.41, 5.74) is 1.23. The fourth-order valence-corrected chi connectivity index (χ4v) is 3.94. The molecule has 4 aromatic rings. The van der Waals surface area contributed by atoms with Crippen LogP contribution in [0.15, 0.2) is 75.7 Å². The zero-order chi connectivity index (χ0) is 24.9. The van der Waals surface area contributed by atoms with Gasteiger partial charge in [0.15, 0.2) is 17.2 Å². The number of hydrogen-bond acceptors (Lipinski definition) is 7. The molecule has 1 N–H and O–H groups in total. The minimum atomic E-state index is -0.525. The van der Waals surface area contributed by atoms with Gasteiger partial charge >= 0.3 is 0 Å². The van der Waals surface area contributed by atoms with E-state index in [1.165, 1.54) is 0 Å². The predicted molar refractivity (Wildman–Crippen MR) is 133 cm³/mol. The minimum Gasteiger partial charge on any atom is -0.493 e. The van der Waals surface area contributed by atoms with Gasteiger partial charge in [0.2, 0.25) is 5.88 Å². The van der Waals surface area contributed by atoms with E-state index in [1.807, 2.05) is 54.6 Å². The number of methoxy groups -OCH3 is 2. The van der Waals surface area contributed by atoms with E-state index in [0.717, 1.165) is 20.9 Å². The third-order valence-corrected chi connectivity index (χ3v) is 5.87. The summed E-state index contributed by atoms with van der Waals surface area (Å²) in [5, 5.41) is 30.8. The van der Waals surface area contributed by atoms with Crippen molar-refractivity contribution >= 4 is 22.1 Å². The normalized spacial score (nSPS) is 11.0. The Morgan fingerprint density at radius 3 is 2.49 bits per heavy atom. The number of pyridine rings is 1. The molecule has 0 radical (unpaired) electrons. The first-order valence-corrected chi connectivity index (χ1v) is 10.9. The molecule has 0 fully saturated rings. The SMILES string of the molecule is COc1ccc(CCn2c(O)c(C#N)c(C)c(N=Nc3cccc4ccccc34)c2=O)cc1OC. The number of aromatic hydroxyl groups is 1.